The number of aliphatic hydroxyl groups excluding tert-OH is 1. The van der Waals surface area contributed by atoms with Crippen LogP contribution < -0.4 is 4.90 Å². The monoisotopic (exact) mass is 220 g/mol. The van der Waals surface area contributed by atoms with Gasteiger partial charge in [-0.25, -0.2) is 4.98 Å². The molecule has 0 unspecified atom stereocenters. The Kier molecular flexibility index (Phi) is 3.78. The molecular weight excluding hydrogens is 200 g/mol. The summed E-state index contributed by atoms with van der Waals surface area (Å²) in [6.07, 6.45) is 7.21. The van der Waals surface area contributed by atoms with Crippen LogP contribution in [0.3, 0.4) is 0 Å². The maximum absolute atomic E-state index is 9.26. The molecule has 0 amide bonds. The molecule has 0 saturated heterocycles. The SMILES string of the molecule is CN(CC1CCCC1)c1ncccc1CO. The Labute approximate surface area is 97.1 Å². The van der Waals surface area contributed by atoms with Crippen molar-refractivity contribution in [2.45, 2.75) is 32.3 Å². The van der Waals surface area contributed by atoms with Crippen LogP contribution >= 0.6 is 0 Å². The summed E-state index contributed by atoms with van der Waals surface area (Å²) in [7, 11) is 2.07. The molecule has 1 aromatic rings. The van der Waals surface area contributed by atoms with Crippen molar-refractivity contribution in [3.05, 3.63) is 23.9 Å². The van der Waals surface area contributed by atoms with Crippen molar-refractivity contribution in [3.63, 3.8) is 0 Å². The molecule has 16 heavy (non-hydrogen) atoms. The largest absolute Gasteiger partial charge is 0.392 e. The second-order valence-corrected chi connectivity index (χ2v) is 4.68. The molecule has 1 saturated carbocycles. The number of rotatable bonds is 4. The highest BCUT2D eigenvalue weighted by Crippen LogP contribution is 2.27. The van der Waals surface area contributed by atoms with E-state index in [1.165, 1.54) is 25.7 Å². The van der Waals surface area contributed by atoms with Gasteiger partial charge in [-0.05, 0) is 24.8 Å². The number of aromatic nitrogens is 1. The molecule has 0 bridgehead atoms. The van der Waals surface area contributed by atoms with Crippen LogP contribution in [0.4, 0.5) is 5.82 Å². The predicted molar refractivity (Wildman–Crippen MR) is 65.4 cm³/mol. The van der Waals surface area contributed by atoms with Gasteiger partial charge in [0, 0.05) is 25.4 Å². The van der Waals surface area contributed by atoms with Gasteiger partial charge in [0.1, 0.15) is 5.82 Å². The number of hydrogen-bond donors (Lipinski definition) is 1. The van der Waals surface area contributed by atoms with Gasteiger partial charge in [0.05, 0.1) is 6.61 Å². The second-order valence-electron chi connectivity index (χ2n) is 4.68. The first-order valence-corrected chi connectivity index (χ1v) is 6.07. The Hall–Kier alpha value is -1.09. The summed E-state index contributed by atoms with van der Waals surface area (Å²) in [5.74, 6) is 1.73. The minimum Gasteiger partial charge on any atom is -0.392 e. The van der Waals surface area contributed by atoms with Gasteiger partial charge in [-0.1, -0.05) is 18.9 Å². The van der Waals surface area contributed by atoms with Crippen molar-refractivity contribution in [2.24, 2.45) is 5.92 Å². The average molecular weight is 220 g/mol. The first-order valence-electron chi connectivity index (χ1n) is 6.07. The molecule has 3 nitrogen and oxygen atoms in total. The Morgan fingerprint density at radius 2 is 2.19 bits per heavy atom. The topological polar surface area (TPSA) is 36.4 Å². The lowest BCUT2D eigenvalue weighted by Crippen LogP contribution is -2.25. The lowest BCUT2D eigenvalue weighted by atomic mass is 10.1. The first kappa shape index (κ1) is 11.4. The normalized spacial score (nSPS) is 16.6. The predicted octanol–water partition coefficient (Wildman–Crippen LogP) is 2.20. The fraction of sp³-hybridized carbons (Fsp3) is 0.615. The Morgan fingerprint density at radius 3 is 2.88 bits per heavy atom. The molecule has 0 radical (unpaired) electrons. The maximum atomic E-state index is 9.26. The Balaban J connectivity index is 2.04. The molecule has 1 aliphatic carbocycles. The number of nitrogens with zero attached hydrogens (tertiary/aromatic N) is 2. The third-order valence-electron chi connectivity index (χ3n) is 3.41. The van der Waals surface area contributed by atoms with E-state index >= 15 is 0 Å². The van der Waals surface area contributed by atoms with Gasteiger partial charge in [0.25, 0.3) is 0 Å². The van der Waals surface area contributed by atoms with Crippen molar-refractivity contribution in [2.75, 3.05) is 18.5 Å². The van der Waals surface area contributed by atoms with Crippen LogP contribution in [0.1, 0.15) is 31.2 Å². The summed E-state index contributed by atoms with van der Waals surface area (Å²) in [4.78, 5) is 6.54. The van der Waals surface area contributed by atoms with Gasteiger partial charge in [0.2, 0.25) is 0 Å². The highest BCUT2D eigenvalue weighted by Gasteiger charge is 2.18. The van der Waals surface area contributed by atoms with Crippen LogP contribution in [-0.4, -0.2) is 23.7 Å². The zero-order chi connectivity index (χ0) is 11.4. The zero-order valence-corrected chi connectivity index (χ0v) is 9.89. The van der Waals surface area contributed by atoms with Gasteiger partial charge in [-0.15, -0.1) is 0 Å². The minimum atomic E-state index is 0.0676. The van der Waals surface area contributed by atoms with E-state index in [1.54, 1.807) is 6.20 Å². The van der Waals surface area contributed by atoms with Crippen LogP contribution in [0.2, 0.25) is 0 Å². The highest BCUT2D eigenvalue weighted by molar-refractivity contribution is 5.45. The van der Waals surface area contributed by atoms with E-state index < -0.39 is 0 Å². The van der Waals surface area contributed by atoms with E-state index in [0.29, 0.717) is 0 Å². The van der Waals surface area contributed by atoms with Crippen molar-refractivity contribution in [1.29, 1.82) is 0 Å². The molecule has 0 spiro atoms. The summed E-state index contributed by atoms with van der Waals surface area (Å²) in [6, 6.07) is 3.81. The number of aliphatic hydroxyl groups is 1. The van der Waals surface area contributed by atoms with Crippen molar-refractivity contribution >= 4 is 5.82 Å². The van der Waals surface area contributed by atoms with Gasteiger partial charge in [-0.2, -0.15) is 0 Å². The second kappa shape index (κ2) is 5.30. The van der Waals surface area contributed by atoms with Crippen molar-refractivity contribution < 1.29 is 5.11 Å². The van der Waals surface area contributed by atoms with Crippen LogP contribution in [-0.2, 0) is 6.61 Å². The van der Waals surface area contributed by atoms with Crippen LogP contribution in [0.25, 0.3) is 0 Å². The summed E-state index contributed by atoms with van der Waals surface area (Å²) in [5, 5.41) is 9.26. The minimum absolute atomic E-state index is 0.0676. The molecule has 0 atom stereocenters. The molecule has 2 rings (SSSR count). The van der Waals surface area contributed by atoms with E-state index in [9.17, 15) is 5.11 Å². The lowest BCUT2D eigenvalue weighted by Gasteiger charge is -2.23. The van der Waals surface area contributed by atoms with Crippen molar-refractivity contribution in [3.8, 4) is 0 Å². The molecular formula is C13H20N2O. The maximum Gasteiger partial charge on any atom is 0.133 e. The Morgan fingerprint density at radius 1 is 1.44 bits per heavy atom. The lowest BCUT2D eigenvalue weighted by molar-refractivity contribution is 0.281. The van der Waals surface area contributed by atoms with E-state index in [1.807, 2.05) is 12.1 Å². The molecule has 0 aliphatic heterocycles. The molecule has 1 heterocycles. The van der Waals surface area contributed by atoms with Crippen molar-refractivity contribution in [1.82, 2.24) is 4.98 Å². The third kappa shape index (κ3) is 2.53. The summed E-state index contributed by atoms with van der Waals surface area (Å²) in [6.45, 7) is 1.13. The first-order chi connectivity index (χ1) is 7.81. The fourth-order valence-electron chi connectivity index (χ4n) is 2.56. The van der Waals surface area contributed by atoms with E-state index in [2.05, 4.69) is 16.9 Å². The molecule has 1 fully saturated rings. The van der Waals surface area contributed by atoms with Gasteiger partial charge < -0.3 is 10.0 Å². The summed E-state index contributed by atoms with van der Waals surface area (Å²) >= 11 is 0. The van der Waals surface area contributed by atoms with E-state index in [-0.39, 0.29) is 6.61 Å². The van der Waals surface area contributed by atoms with Crippen LogP contribution in [0.15, 0.2) is 18.3 Å². The van der Waals surface area contributed by atoms with Gasteiger partial charge in [-0.3, -0.25) is 0 Å². The molecule has 1 aliphatic rings. The number of pyridine rings is 1. The molecule has 1 N–H and O–H groups in total. The summed E-state index contributed by atoms with van der Waals surface area (Å²) < 4.78 is 0. The quantitative estimate of drug-likeness (QED) is 0.845. The van der Waals surface area contributed by atoms with E-state index in [0.717, 1.165) is 23.8 Å². The fourth-order valence-corrected chi connectivity index (χ4v) is 2.56. The number of hydrogen-bond acceptors (Lipinski definition) is 3. The van der Waals surface area contributed by atoms with E-state index in [4.69, 9.17) is 0 Å². The standard InChI is InChI=1S/C13H20N2O/c1-15(9-11-5-2-3-6-11)13-12(10-16)7-4-8-14-13/h4,7-8,11,16H,2-3,5-6,9-10H2,1H3. The van der Waals surface area contributed by atoms with Gasteiger partial charge in [0.15, 0.2) is 0 Å². The average Bonchev–Trinajstić information content (AvgIpc) is 2.81. The zero-order valence-electron chi connectivity index (χ0n) is 9.89. The van der Waals surface area contributed by atoms with Crippen LogP contribution in [0, 0.1) is 5.92 Å². The highest BCUT2D eigenvalue weighted by atomic mass is 16.3. The molecule has 88 valence electrons. The molecule has 1 aromatic heterocycles. The van der Waals surface area contributed by atoms with Gasteiger partial charge >= 0.3 is 0 Å². The smallest absolute Gasteiger partial charge is 0.133 e. The van der Waals surface area contributed by atoms with Crippen LogP contribution in [0.5, 0.6) is 0 Å². The molecule has 3 heteroatoms. The molecule has 0 aromatic carbocycles. The number of anilines is 1. The summed E-state index contributed by atoms with van der Waals surface area (Å²) in [5.41, 5.74) is 0.919. The Bertz CT molecular complexity index is 334. The third-order valence-corrected chi connectivity index (χ3v) is 3.41.